The second kappa shape index (κ2) is 6.16. The van der Waals surface area contributed by atoms with Gasteiger partial charge in [0.05, 0.1) is 5.69 Å². The fraction of sp³-hybridized carbons (Fsp3) is 0.188. The van der Waals surface area contributed by atoms with Crippen LogP contribution in [0.4, 0.5) is 13.2 Å². The van der Waals surface area contributed by atoms with Gasteiger partial charge < -0.3 is 4.57 Å². The quantitative estimate of drug-likeness (QED) is 0.764. The highest BCUT2D eigenvalue weighted by molar-refractivity contribution is 7.90. The van der Waals surface area contributed by atoms with Crippen LogP contribution in [0.5, 0.6) is 0 Å². The first-order valence-corrected chi connectivity index (χ1v) is 8.72. The third kappa shape index (κ3) is 3.38. The lowest BCUT2D eigenvalue weighted by Gasteiger charge is -2.10. The molecule has 2 aromatic heterocycles. The summed E-state index contributed by atoms with van der Waals surface area (Å²) in [6, 6.07) is 11.3. The number of para-hydroxylation sites is 1. The summed E-state index contributed by atoms with van der Waals surface area (Å²) in [6.07, 6.45) is 2.90. The highest BCUT2D eigenvalue weighted by atomic mass is 32.2. The van der Waals surface area contributed by atoms with Gasteiger partial charge in [-0.3, -0.25) is 4.98 Å². The molecule has 1 aromatic carbocycles. The number of sulfonamides is 1. The summed E-state index contributed by atoms with van der Waals surface area (Å²) in [7, 11) is -3.51. The van der Waals surface area contributed by atoms with Crippen molar-refractivity contribution in [2.75, 3.05) is 0 Å². The predicted octanol–water partition coefficient (Wildman–Crippen LogP) is 3.43. The lowest BCUT2D eigenvalue weighted by molar-refractivity contribution is -0.0448. The summed E-state index contributed by atoms with van der Waals surface area (Å²) >= 11 is 0. The first kappa shape index (κ1) is 17.4. The number of nitrogens with one attached hydrogen (secondary N) is 1. The van der Waals surface area contributed by atoms with Crippen LogP contribution in [-0.2, 0) is 23.6 Å². The fourth-order valence-corrected chi connectivity index (χ4v) is 3.07. The highest BCUT2D eigenvalue weighted by Crippen LogP contribution is 2.27. The van der Waals surface area contributed by atoms with Crippen LogP contribution in [0, 0.1) is 0 Å². The molecule has 0 amide bonds. The van der Waals surface area contributed by atoms with Crippen LogP contribution in [0.25, 0.3) is 22.2 Å². The first-order valence-electron chi connectivity index (χ1n) is 7.24. The normalized spacial score (nSPS) is 12.6. The minimum atomic E-state index is -5.39. The van der Waals surface area contributed by atoms with Crippen LogP contribution >= 0.6 is 0 Å². The second-order valence-corrected chi connectivity index (χ2v) is 7.26. The molecule has 5 nitrogen and oxygen atoms in total. The van der Waals surface area contributed by atoms with E-state index >= 15 is 0 Å². The van der Waals surface area contributed by atoms with Crippen LogP contribution < -0.4 is 4.72 Å². The van der Waals surface area contributed by atoms with E-state index in [1.54, 1.807) is 12.3 Å². The van der Waals surface area contributed by atoms with Gasteiger partial charge in [0.2, 0.25) is 0 Å². The number of fused-ring (bicyclic) bond motifs is 1. The zero-order valence-electron chi connectivity index (χ0n) is 13.1. The predicted molar refractivity (Wildman–Crippen MR) is 90.1 cm³/mol. The van der Waals surface area contributed by atoms with E-state index in [2.05, 4.69) is 4.98 Å². The van der Waals surface area contributed by atoms with Gasteiger partial charge in [-0.25, -0.2) is 13.1 Å². The van der Waals surface area contributed by atoms with Gasteiger partial charge in [-0.1, -0.05) is 18.2 Å². The largest absolute Gasteiger partial charge is 0.511 e. The van der Waals surface area contributed by atoms with Gasteiger partial charge in [0.25, 0.3) is 0 Å². The van der Waals surface area contributed by atoms with Crippen molar-refractivity contribution in [3.63, 3.8) is 0 Å². The molecule has 0 saturated heterocycles. The zero-order valence-corrected chi connectivity index (χ0v) is 13.9. The van der Waals surface area contributed by atoms with Crippen LogP contribution in [0.1, 0.15) is 6.99 Å². The van der Waals surface area contributed by atoms with Crippen molar-refractivity contribution in [1.29, 1.82) is 0 Å². The SMILES string of the molecule is Cn1c(-c2cncc(CNS(=O)(=O)C(F)(F)F)c2)cc2ccccc21.[HH]. The molecule has 134 valence electrons. The van der Waals surface area contributed by atoms with Gasteiger partial charge >= 0.3 is 15.5 Å². The van der Waals surface area contributed by atoms with Crippen molar-refractivity contribution in [2.45, 2.75) is 12.1 Å². The minimum absolute atomic E-state index is 0. The average Bonchev–Trinajstić information content (AvgIpc) is 2.90. The Labute approximate surface area is 143 Å². The lowest BCUT2D eigenvalue weighted by Crippen LogP contribution is -2.36. The summed E-state index contributed by atoms with van der Waals surface area (Å²) in [6.45, 7) is -0.493. The second-order valence-electron chi connectivity index (χ2n) is 5.50. The highest BCUT2D eigenvalue weighted by Gasteiger charge is 2.45. The molecule has 0 radical (unpaired) electrons. The Morgan fingerprint density at radius 3 is 2.60 bits per heavy atom. The first-order chi connectivity index (χ1) is 11.7. The van der Waals surface area contributed by atoms with Crippen molar-refractivity contribution < 1.29 is 23.0 Å². The van der Waals surface area contributed by atoms with Crippen LogP contribution in [0.3, 0.4) is 0 Å². The number of hydrogen-bond acceptors (Lipinski definition) is 3. The van der Waals surface area contributed by atoms with Gasteiger partial charge in [-0.05, 0) is 23.8 Å². The van der Waals surface area contributed by atoms with E-state index in [9.17, 15) is 21.6 Å². The molecule has 2 heterocycles. The Balaban J connectivity index is 0.00000243. The van der Waals surface area contributed by atoms with Gasteiger partial charge in [0, 0.05) is 43.9 Å². The van der Waals surface area contributed by atoms with E-state index in [1.165, 1.54) is 10.9 Å². The third-order valence-electron chi connectivity index (χ3n) is 3.81. The Morgan fingerprint density at radius 2 is 1.92 bits per heavy atom. The zero-order chi connectivity index (χ0) is 18.2. The van der Waals surface area contributed by atoms with E-state index in [0.29, 0.717) is 11.1 Å². The molecule has 0 atom stereocenters. The summed E-state index contributed by atoms with van der Waals surface area (Å²) in [4.78, 5) is 4.01. The fourth-order valence-electron chi connectivity index (χ4n) is 2.55. The number of aryl methyl sites for hydroxylation is 1. The van der Waals surface area contributed by atoms with Crippen LogP contribution in [0.15, 0.2) is 48.8 Å². The summed E-state index contributed by atoms with van der Waals surface area (Å²) in [5.74, 6) is 0. The molecule has 0 spiro atoms. The maximum Gasteiger partial charge on any atom is 0.511 e. The molecule has 0 bridgehead atoms. The molecule has 0 unspecified atom stereocenters. The van der Waals surface area contributed by atoms with E-state index < -0.39 is 22.1 Å². The number of pyridine rings is 1. The monoisotopic (exact) mass is 371 g/mol. The number of benzene rings is 1. The number of rotatable bonds is 4. The molecule has 0 fully saturated rings. The molecule has 0 saturated carbocycles. The topological polar surface area (TPSA) is 64.0 Å². The van der Waals surface area contributed by atoms with Crippen LogP contribution in [0.2, 0.25) is 0 Å². The molecule has 3 aromatic rings. The van der Waals surface area contributed by atoms with E-state index in [1.807, 2.05) is 41.9 Å². The minimum Gasteiger partial charge on any atom is -0.344 e. The summed E-state index contributed by atoms with van der Waals surface area (Å²) in [5.41, 5.74) is -2.50. The van der Waals surface area contributed by atoms with Crippen molar-refractivity contribution in [2.24, 2.45) is 7.05 Å². The Morgan fingerprint density at radius 1 is 1.20 bits per heavy atom. The summed E-state index contributed by atoms with van der Waals surface area (Å²) in [5, 5.41) is 1.02. The standard InChI is InChI=1S/C16H14F3N3O2S.H2/c1-22-14-5-3-2-4-12(14)7-15(22)13-6-11(8-20-10-13)9-21-25(23,24)16(17,18)19;/h2-8,10,21H,9H2,1H3;1H. The van der Waals surface area contributed by atoms with Gasteiger partial charge in [0.15, 0.2) is 0 Å². The van der Waals surface area contributed by atoms with Crippen molar-refractivity contribution >= 4 is 20.9 Å². The molecule has 1 N–H and O–H groups in total. The van der Waals surface area contributed by atoms with E-state index in [4.69, 9.17) is 0 Å². The molecule has 0 aliphatic rings. The van der Waals surface area contributed by atoms with Crippen molar-refractivity contribution in [3.8, 4) is 11.3 Å². The molecule has 9 heteroatoms. The van der Waals surface area contributed by atoms with E-state index in [-0.39, 0.29) is 1.43 Å². The maximum absolute atomic E-state index is 12.4. The maximum atomic E-state index is 12.4. The molecule has 0 aliphatic carbocycles. The van der Waals surface area contributed by atoms with Gasteiger partial charge in [-0.2, -0.15) is 13.2 Å². The Kier molecular flexibility index (Phi) is 4.29. The molecule has 25 heavy (non-hydrogen) atoms. The van der Waals surface area contributed by atoms with Gasteiger partial charge in [0.1, 0.15) is 0 Å². The van der Waals surface area contributed by atoms with Gasteiger partial charge in [-0.15, -0.1) is 0 Å². The number of hydrogen-bond donors (Lipinski definition) is 1. The van der Waals surface area contributed by atoms with E-state index in [0.717, 1.165) is 16.6 Å². The molecular formula is C16H16F3N3O2S. The number of halogens is 3. The van der Waals surface area contributed by atoms with Crippen molar-refractivity contribution in [3.05, 3.63) is 54.4 Å². The van der Waals surface area contributed by atoms with Crippen LogP contribution in [-0.4, -0.2) is 23.5 Å². The summed E-state index contributed by atoms with van der Waals surface area (Å²) < 4.78 is 62.8. The number of nitrogens with zero attached hydrogens (tertiary/aromatic N) is 2. The molecule has 0 aliphatic heterocycles. The smallest absolute Gasteiger partial charge is 0.344 e. The number of aromatic nitrogens is 2. The molecule has 3 rings (SSSR count). The van der Waals surface area contributed by atoms with Crippen molar-refractivity contribution in [1.82, 2.24) is 14.3 Å². The lowest BCUT2D eigenvalue weighted by atomic mass is 10.1. The molecular weight excluding hydrogens is 355 g/mol. The number of alkyl halides is 3. The average molecular weight is 371 g/mol. The third-order valence-corrected chi connectivity index (χ3v) is 4.95. The Bertz CT molecular complexity index is 1030. The Hall–Kier alpha value is -2.39.